The number of halogens is 2. The van der Waals surface area contributed by atoms with Gasteiger partial charge in [-0.2, -0.15) is 0 Å². The maximum absolute atomic E-state index is 13.5. The number of carbonyl (C=O) groups excluding carboxylic acids is 1. The molecule has 0 saturated heterocycles. The predicted octanol–water partition coefficient (Wildman–Crippen LogP) is 2.98. The van der Waals surface area contributed by atoms with Gasteiger partial charge in [0.15, 0.2) is 5.78 Å². The number of aromatic hydroxyl groups is 1. The summed E-state index contributed by atoms with van der Waals surface area (Å²) in [6.07, 6.45) is 0.274. The van der Waals surface area contributed by atoms with Gasteiger partial charge >= 0.3 is 0 Å². The fourth-order valence-corrected chi connectivity index (χ4v) is 2.27. The van der Waals surface area contributed by atoms with Gasteiger partial charge in [0, 0.05) is 12.0 Å². The van der Waals surface area contributed by atoms with Gasteiger partial charge in [0.2, 0.25) is 0 Å². The highest BCUT2D eigenvalue weighted by molar-refractivity contribution is 9.10. The van der Waals surface area contributed by atoms with Crippen LogP contribution in [0.3, 0.4) is 0 Å². The molecule has 1 atom stereocenters. The van der Waals surface area contributed by atoms with Gasteiger partial charge in [0.1, 0.15) is 11.6 Å². The first-order valence-corrected chi connectivity index (χ1v) is 5.05. The molecule has 1 N–H and O–H groups in total. The Labute approximate surface area is 88.9 Å². The first-order valence-electron chi connectivity index (χ1n) is 4.26. The van der Waals surface area contributed by atoms with Crippen molar-refractivity contribution in [2.45, 2.75) is 19.3 Å². The Morgan fingerprint density at radius 3 is 2.93 bits per heavy atom. The van der Waals surface area contributed by atoms with Crippen LogP contribution in [0.15, 0.2) is 10.5 Å². The van der Waals surface area contributed by atoms with Crippen molar-refractivity contribution in [1.82, 2.24) is 0 Å². The number of phenolic OH excluding ortho intramolecular Hbond substituents is 1. The lowest BCUT2D eigenvalue weighted by Gasteiger charge is -2.07. The summed E-state index contributed by atoms with van der Waals surface area (Å²) in [5.74, 6) is -0.902. The summed E-state index contributed by atoms with van der Waals surface area (Å²) in [6, 6.07) is 1.20. The molecule has 2 nitrogen and oxygen atoms in total. The van der Waals surface area contributed by atoms with Crippen molar-refractivity contribution in [1.29, 1.82) is 0 Å². The SMILES string of the molecule is C[C@@H]1CC(=O)c2c(O)c(Br)cc(F)c21. The van der Waals surface area contributed by atoms with E-state index in [0.29, 0.717) is 5.56 Å². The molecule has 0 amide bonds. The molecule has 1 aromatic rings. The van der Waals surface area contributed by atoms with Gasteiger partial charge in [0.25, 0.3) is 0 Å². The predicted molar refractivity (Wildman–Crippen MR) is 53.1 cm³/mol. The van der Waals surface area contributed by atoms with Crippen LogP contribution in [0.1, 0.15) is 35.2 Å². The van der Waals surface area contributed by atoms with E-state index in [2.05, 4.69) is 15.9 Å². The number of hydrogen-bond acceptors (Lipinski definition) is 2. The molecule has 1 aliphatic rings. The lowest BCUT2D eigenvalue weighted by Crippen LogP contribution is -1.95. The van der Waals surface area contributed by atoms with Crippen molar-refractivity contribution in [2.75, 3.05) is 0 Å². The molecule has 14 heavy (non-hydrogen) atoms. The van der Waals surface area contributed by atoms with Gasteiger partial charge in [-0.15, -0.1) is 0 Å². The normalized spacial score (nSPS) is 19.9. The van der Waals surface area contributed by atoms with E-state index in [-0.39, 0.29) is 33.9 Å². The number of hydrogen-bond donors (Lipinski definition) is 1. The van der Waals surface area contributed by atoms with E-state index in [9.17, 15) is 14.3 Å². The molecule has 0 aliphatic heterocycles. The van der Waals surface area contributed by atoms with Crippen molar-refractivity contribution >= 4 is 21.7 Å². The van der Waals surface area contributed by atoms with Crippen LogP contribution in [0.5, 0.6) is 5.75 Å². The monoisotopic (exact) mass is 258 g/mol. The topological polar surface area (TPSA) is 37.3 Å². The van der Waals surface area contributed by atoms with Crippen LogP contribution < -0.4 is 0 Å². The van der Waals surface area contributed by atoms with E-state index in [0.717, 1.165) is 0 Å². The van der Waals surface area contributed by atoms with Crippen LogP contribution in [-0.4, -0.2) is 10.9 Å². The zero-order valence-electron chi connectivity index (χ0n) is 7.47. The lowest BCUT2D eigenvalue weighted by atomic mass is 10.0. The molecule has 0 spiro atoms. The molecule has 1 aromatic carbocycles. The molecule has 4 heteroatoms. The van der Waals surface area contributed by atoms with E-state index in [1.807, 2.05) is 0 Å². The van der Waals surface area contributed by atoms with Gasteiger partial charge in [-0.1, -0.05) is 6.92 Å². The number of phenols is 1. The third kappa shape index (κ3) is 1.17. The number of Topliss-reactive ketones (excluding diaryl/α,β-unsaturated/α-hetero) is 1. The molecule has 0 fully saturated rings. The van der Waals surface area contributed by atoms with Gasteiger partial charge in [0.05, 0.1) is 10.0 Å². The highest BCUT2D eigenvalue weighted by Crippen LogP contribution is 2.42. The van der Waals surface area contributed by atoms with Crippen LogP contribution in [-0.2, 0) is 0 Å². The van der Waals surface area contributed by atoms with E-state index in [4.69, 9.17) is 0 Å². The van der Waals surface area contributed by atoms with Crippen molar-refractivity contribution in [3.05, 3.63) is 27.5 Å². The molecule has 1 aliphatic carbocycles. The van der Waals surface area contributed by atoms with E-state index in [1.165, 1.54) is 6.07 Å². The number of rotatable bonds is 0. The second kappa shape index (κ2) is 3.05. The Hall–Kier alpha value is -0.900. The molecule has 0 unspecified atom stereocenters. The Morgan fingerprint density at radius 2 is 2.29 bits per heavy atom. The summed E-state index contributed by atoms with van der Waals surface area (Å²) in [4.78, 5) is 11.5. The summed E-state index contributed by atoms with van der Waals surface area (Å²) in [5.41, 5.74) is 0.486. The molecule has 2 rings (SSSR count). The second-order valence-electron chi connectivity index (χ2n) is 3.51. The highest BCUT2D eigenvalue weighted by atomic mass is 79.9. The van der Waals surface area contributed by atoms with Gasteiger partial charge in [-0.25, -0.2) is 4.39 Å². The fraction of sp³-hybridized carbons (Fsp3) is 0.300. The number of benzene rings is 1. The summed E-state index contributed by atoms with van der Waals surface area (Å²) >= 11 is 3.00. The lowest BCUT2D eigenvalue weighted by molar-refractivity contribution is 0.0988. The van der Waals surface area contributed by atoms with Crippen LogP contribution in [0.25, 0.3) is 0 Å². The Bertz CT molecular complexity index is 429. The minimum absolute atomic E-state index is 0.142. The molecular formula is C10H8BrFO2. The first kappa shape index (κ1) is 9.65. The zero-order valence-corrected chi connectivity index (χ0v) is 9.06. The van der Waals surface area contributed by atoms with Crippen LogP contribution in [0.4, 0.5) is 4.39 Å². The van der Waals surface area contributed by atoms with Crippen molar-refractivity contribution in [3.63, 3.8) is 0 Å². The number of fused-ring (bicyclic) bond motifs is 1. The zero-order chi connectivity index (χ0) is 10.5. The summed E-state index contributed by atoms with van der Waals surface area (Å²) < 4.78 is 13.7. The van der Waals surface area contributed by atoms with Gasteiger partial charge in [-0.05, 0) is 27.9 Å². The minimum atomic E-state index is -0.428. The second-order valence-corrected chi connectivity index (χ2v) is 4.36. The molecule has 0 bridgehead atoms. The first-order chi connectivity index (χ1) is 6.52. The maximum atomic E-state index is 13.5. The third-order valence-electron chi connectivity index (χ3n) is 2.51. The van der Waals surface area contributed by atoms with Crippen LogP contribution in [0.2, 0.25) is 0 Å². The minimum Gasteiger partial charge on any atom is -0.506 e. The fourth-order valence-electron chi connectivity index (χ4n) is 1.87. The van der Waals surface area contributed by atoms with Crippen molar-refractivity contribution in [3.8, 4) is 5.75 Å². The van der Waals surface area contributed by atoms with Crippen molar-refractivity contribution in [2.24, 2.45) is 0 Å². The summed E-state index contributed by atoms with van der Waals surface area (Å²) in [7, 11) is 0. The van der Waals surface area contributed by atoms with E-state index in [1.54, 1.807) is 6.92 Å². The van der Waals surface area contributed by atoms with E-state index < -0.39 is 5.82 Å². The van der Waals surface area contributed by atoms with Crippen LogP contribution >= 0.6 is 15.9 Å². The average molecular weight is 259 g/mol. The van der Waals surface area contributed by atoms with Crippen LogP contribution in [0, 0.1) is 5.82 Å². The highest BCUT2D eigenvalue weighted by Gasteiger charge is 2.33. The number of carbonyl (C=O) groups is 1. The largest absolute Gasteiger partial charge is 0.506 e. The third-order valence-corrected chi connectivity index (χ3v) is 3.11. The Balaban J connectivity index is 2.79. The standard InChI is InChI=1S/C10H8BrFO2/c1-4-2-7(13)9-8(4)6(12)3-5(11)10(9)14/h3-4,14H,2H2,1H3/t4-/m1/s1. The smallest absolute Gasteiger partial charge is 0.167 e. The molecule has 74 valence electrons. The van der Waals surface area contributed by atoms with Crippen molar-refractivity contribution < 1.29 is 14.3 Å². The van der Waals surface area contributed by atoms with Gasteiger partial charge < -0.3 is 5.11 Å². The van der Waals surface area contributed by atoms with Gasteiger partial charge in [-0.3, -0.25) is 4.79 Å². The van der Waals surface area contributed by atoms with E-state index >= 15 is 0 Å². The molecule has 0 heterocycles. The summed E-state index contributed by atoms with van der Waals surface area (Å²) in [6.45, 7) is 1.78. The maximum Gasteiger partial charge on any atom is 0.167 e. The molecule has 0 aromatic heterocycles. The number of ketones is 1. The Morgan fingerprint density at radius 1 is 1.64 bits per heavy atom. The quantitative estimate of drug-likeness (QED) is 0.777. The molecular weight excluding hydrogens is 251 g/mol. The summed E-state index contributed by atoms with van der Waals surface area (Å²) in [5, 5.41) is 9.60. The average Bonchev–Trinajstić information content (AvgIpc) is 2.38. The molecule has 0 radical (unpaired) electrons. The Kier molecular flexibility index (Phi) is 2.10. The molecule has 0 saturated carbocycles.